The Bertz CT molecular complexity index is 491. The van der Waals surface area contributed by atoms with Crippen molar-refractivity contribution in [2.45, 2.75) is 20.0 Å². The van der Waals surface area contributed by atoms with Gasteiger partial charge in [0.15, 0.2) is 0 Å². The average Bonchev–Trinajstić information content (AvgIpc) is 2.90. The fourth-order valence-electron chi connectivity index (χ4n) is 1.34. The highest BCUT2D eigenvalue weighted by atomic mass is 16.5. The normalized spacial score (nSPS) is 10.5. The van der Waals surface area contributed by atoms with Crippen molar-refractivity contribution < 1.29 is 9.32 Å². The van der Waals surface area contributed by atoms with Crippen LogP contribution in [0.2, 0.25) is 0 Å². The number of likely N-dealkylation sites (N-methyl/N-ethyl adjacent to an activating group) is 1. The van der Waals surface area contributed by atoms with Crippen LogP contribution in [-0.2, 0) is 17.9 Å². The van der Waals surface area contributed by atoms with E-state index in [1.54, 1.807) is 24.9 Å². The van der Waals surface area contributed by atoms with Crippen LogP contribution in [0.4, 0.5) is 0 Å². The first-order valence-corrected chi connectivity index (χ1v) is 5.02. The Hall–Kier alpha value is -2.25. The number of tetrazole rings is 1. The largest absolute Gasteiger partial charge is 0.361 e. The molecule has 0 N–H and O–H groups in total. The molecule has 8 heteroatoms. The van der Waals surface area contributed by atoms with E-state index in [0.717, 1.165) is 11.5 Å². The molecule has 0 aliphatic heterocycles. The molecule has 8 nitrogen and oxygen atoms in total. The van der Waals surface area contributed by atoms with E-state index in [0.29, 0.717) is 6.54 Å². The van der Waals surface area contributed by atoms with Crippen molar-refractivity contribution in [2.75, 3.05) is 7.05 Å². The third-order valence-electron chi connectivity index (χ3n) is 2.19. The Morgan fingerprint density at radius 1 is 1.59 bits per heavy atom. The van der Waals surface area contributed by atoms with Crippen LogP contribution in [0.1, 0.15) is 11.5 Å². The van der Waals surface area contributed by atoms with Gasteiger partial charge in [-0.1, -0.05) is 5.16 Å². The summed E-state index contributed by atoms with van der Waals surface area (Å²) in [5.74, 6) is 0.624. The van der Waals surface area contributed by atoms with E-state index in [-0.39, 0.29) is 12.5 Å². The van der Waals surface area contributed by atoms with Gasteiger partial charge in [0, 0.05) is 13.1 Å². The Balaban J connectivity index is 1.91. The molecule has 0 aliphatic carbocycles. The molecule has 0 saturated carbocycles. The van der Waals surface area contributed by atoms with Crippen LogP contribution < -0.4 is 0 Å². The fraction of sp³-hybridized carbons (Fsp3) is 0.444. The van der Waals surface area contributed by atoms with Gasteiger partial charge in [0.25, 0.3) is 0 Å². The molecule has 1 amide bonds. The van der Waals surface area contributed by atoms with Crippen LogP contribution in [-0.4, -0.2) is 43.2 Å². The highest BCUT2D eigenvalue weighted by Gasteiger charge is 2.12. The van der Waals surface area contributed by atoms with Gasteiger partial charge < -0.3 is 9.42 Å². The summed E-state index contributed by atoms with van der Waals surface area (Å²) in [6.07, 6.45) is 1.39. The third kappa shape index (κ3) is 2.86. The number of carbonyl (C=O) groups is 1. The highest BCUT2D eigenvalue weighted by Crippen LogP contribution is 2.04. The summed E-state index contributed by atoms with van der Waals surface area (Å²) in [5, 5.41) is 14.4. The highest BCUT2D eigenvalue weighted by molar-refractivity contribution is 5.75. The Kier molecular flexibility index (Phi) is 3.12. The zero-order valence-corrected chi connectivity index (χ0v) is 9.57. The van der Waals surface area contributed by atoms with Gasteiger partial charge in [-0.3, -0.25) is 4.79 Å². The molecule has 0 unspecified atom stereocenters. The smallest absolute Gasteiger partial charge is 0.244 e. The molecule has 2 aromatic heterocycles. The van der Waals surface area contributed by atoms with Gasteiger partial charge in [-0.15, -0.1) is 5.10 Å². The maximum absolute atomic E-state index is 11.8. The van der Waals surface area contributed by atoms with Crippen molar-refractivity contribution in [3.8, 4) is 0 Å². The molecule has 0 aliphatic rings. The van der Waals surface area contributed by atoms with E-state index in [1.165, 1.54) is 11.0 Å². The lowest BCUT2D eigenvalue weighted by molar-refractivity contribution is -0.131. The van der Waals surface area contributed by atoms with Crippen LogP contribution in [0.5, 0.6) is 0 Å². The Labute approximate surface area is 97.2 Å². The van der Waals surface area contributed by atoms with E-state index in [1.807, 2.05) is 0 Å². The predicted molar refractivity (Wildman–Crippen MR) is 55.5 cm³/mol. The molecule has 0 bridgehead atoms. The summed E-state index contributed by atoms with van der Waals surface area (Å²) >= 11 is 0. The number of rotatable bonds is 4. The molecule has 0 saturated heterocycles. The zero-order chi connectivity index (χ0) is 12.3. The zero-order valence-electron chi connectivity index (χ0n) is 9.57. The number of carbonyl (C=O) groups excluding carboxylic acids is 1. The van der Waals surface area contributed by atoms with Gasteiger partial charge in [0.05, 0.1) is 6.54 Å². The summed E-state index contributed by atoms with van der Waals surface area (Å²) in [6, 6.07) is 1.79. The van der Waals surface area contributed by atoms with E-state index in [2.05, 4.69) is 20.7 Å². The number of aryl methyl sites for hydroxylation is 1. The minimum atomic E-state index is -0.0991. The summed E-state index contributed by atoms with van der Waals surface area (Å²) in [6.45, 7) is 2.32. The monoisotopic (exact) mass is 236 g/mol. The van der Waals surface area contributed by atoms with Gasteiger partial charge in [-0.05, 0) is 17.4 Å². The summed E-state index contributed by atoms with van der Waals surface area (Å²) < 4.78 is 6.29. The predicted octanol–water partition coefficient (Wildman–Crippen LogP) is -0.372. The van der Waals surface area contributed by atoms with Crippen LogP contribution in [0.3, 0.4) is 0 Å². The van der Waals surface area contributed by atoms with Crippen molar-refractivity contribution >= 4 is 5.91 Å². The fourth-order valence-corrected chi connectivity index (χ4v) is 1.34. The van der Waals surface area contributed by atoms with Gasteiger partial charge in [-0.2, -0.15) is 0 Å². The molecule has 2 rings (SSSR count). The second-order valence-electron chi connectivity index (χ2n) is 3.69. The lowest BCUT2D eigenvalue weighted by Crippen LogP contribution is -2.30. The third-order valence-corrected chi connectivity index (χ3v) is 2.19. The summed E-state index contributed by atoms with van der Waals surface area (Å²) in [5.41, 5.74) is 0.718. The number of nitrogens with zero attached hydrogens (tertiary/aromatic N) is 6. The first kappa shape index (κ1) is 11.2. The molecule has 17 heavy (non-hydrogen) atoms. The van der Waals surface area contributed by atoms with Gasteiger partial charge in [0.1, 0.15) is 24.3 Å². The van der Waals surface area contributed by atoms with E-state index in [4.69, 9.17) is 4.52 Å². The maximum atomic E-state index is 11.8. The molecule has 2 aromatic rings. The SMILES string of the molecule is Cc1cc(CN(C)C(=O)Cn2cnnn2)no1. The second-order valence-corrected chi connectivity index (χ2v) is 3.69. The quantitative estimate of drug-likeness (QED) is 0.719. The lowest BCUT2D eigenvalue weighted by atomic mass is 10.3. The topological polar surface area (TPSA) is 89.9 Å². The van der Waals surface area contributed by atoms with Gasteiger partial charge in [-0.25, -0.2) is 4.68 Å². The molecular formula is C9H12N6O2. The maximum Gasteiger partial charge on any atom is 0.244 e. The van der Waals surface area contributed by atoms with E-state index < -0.39 is 0 Å². The standard InChI is InChI=1S/C9H12N6O2/c1-7-3-8(11-17-7)4-14(2)9(16)5-15-6-10-12-13-15/h3,6H,4-5H2,1-2H3. The molecule has 0 radical (unpaired) electrons. The molecular weight excluding hydrogens is 224 g/mol. The molecule has 0 aromatic carbocycles. The molecule has 0 atom stereocenters. The van der Waals surface area contributed by atoms with E-state index in [9.17, 15) is 4.79 Å². The Morgan fingerprint density at radius 3 is 3.00 bits per heavy atom. The van der Waals surface area contributed by atoms with Crippen LogP contribution in [0, 0.1) is 6.92 Å². The second kappa shape index (κ2) is 4.73. The lowest BCUT2D eigenvalue weighted by Gasteiger charge is -2.14. The number of amides is 1. The number of aromatic nitrogens is 5. The summed E-state index contributed by atoms with van der Waals surface area (Å²) in [4.78, 5) is 13.3. The molecule has 0 fully saturated rings. The van der Waals surface area contributed by atoms with Gasteiger partial charge in [0.2, 0.25) is 5.91 Å². The number of hydrogen-bond acceptors (Lipinski definition) is 6. The van der Waals surface area contributed by atoms with Crippen LogP contribution in [0.25, 0.3) is 0 Å². The number of hydrogen-bond donors (Lipinski definition) is 0. The van der Waals surface area contributed by atoms with Crippen LogP contribution in [0.15, 0.2) is 16.9 Å². The van der Waals surface area contributed by atoms with Crippen molar-refractivity contribution in [1.82, 2.24) is 30.3 Å². The first-order chi connectivity index (χ1) is 8.15. The minimum absolute atomic E-state index is 0.0991. The van der Waals surface area contributed by atoms with Crippen molar-refractivity contribution in [2.24, 2.45) is 0 Å². The molecule has 0 spiro atoms. The molecule has 2 heterocycles. The van der Waals surface area contributed by atoms with Crippen molar-refractivity contribution in [3.63, 3.8) is 0 Å². The van der Waals surface area contributed by atoms with Gasteiger partial charge >= 0.3 is 0 Å². The molecule has 90 valence electrons. The van der Waals surface area contributed by atoms with Crippen molar-refractivity contribution in [3.05, 3.63) is 23.8 Å². The van der Waals surface area contributed by atoms with E-state index >= 15 is 0 Å². The van der Waals surface area contributed by atoms with Crippen molar-refractivity contribution in [1.29, 1.82) is 0 Å². The average molecular weight is 236 g/mol. The minimum Gasteiger partial charge on any atom is -0.361 e. The van der Waals surface area contributed by atoms with Crippen LogP contribution >= 0.6 is 0 Å². The Morgan fingerprint density at radius 2 is 2.41 bits per heavy atom. The first-order valence-electron chi connectivity index (χ1n) is 5.02. The summed E-state index contributed by atoms with van der Waals surface area (Å²) in [7, 11) is 1.69.